The fourth-order valence-corrected chi connectivity index (χ4v) is 1.86. The van der Waals surface area contributed by atoms with Gasteiger partial charge in [0.25, 0.3) is 0 Å². The summed E-state index contributed by atoms with van der Waals surface area (Å²) in [6.45, 7) is 2.34. The number of primary amides is 1. The Labute approximate surface area is 117 Å². The largest absolute Gasteiger partial charge is 0.445 e. The number of carbonyl (C=O) groups excluding carboxylic acids is 2. The van der Waals surface area contributed by atoms with Crippen molar-refractivity contribution in [2.75, 3.05) is 12.4 Å². The van der Waals surface area contributed by atoms with Crippen LogP contribution in [0.2, 0.25) is 0 Å². The van der Waals surface area contributed by atoms with Crippen LogP contribution in [0.1, 0.15) is 12.5 Å². The average Bonchev–Trinajstić information content (AvgIpc) is 2.37. The smallest absolute Gasteiger partial charge is 0.404 e. The van der Waals surface area contributed by atoms with Gasteiger partial charge in [-0.3, -0.25) is 4.79 Å². The Kier molecular flexibility index (Phi) is 6.15. The highest BCUT2D eigenvalue weighted by Gasteiger charge is 2.17. The van der Waals surface area contributed by atoms with Crippen LogP contribution in [0.15, 0.2) is 30.3 Å². The maximum Gasteiger partial charge on any atom is 0.404 e. The Hall–Kier alpha value is -1.75. The minimum absolute atomic E-state index is 0.115. The van der Waals surface area contributed by atoms with E-state index < -0.39 is 12.2 Å². The summed E-state index contributed by atoms with van der Waals surface area (Å²) >= 11 is 5.58. The molecule has 2 amide bonds. The molecule has 0 unspecified atom stereocenters. The number of alkyl halides is 1. The van der Waals surface area contributed by atoms with E-state index in [2.05, 4.69) is 0 Å². The van der Waals surface area contributed by atoms with E-state index >= 15 is 0 Å². The van der Waals surface area contributed by atoms with E-state index in [1.54, 1.807) is 6.92 Å². The Morgan fingerprint density at radius 3 is 2.53 bits per heavy atom. The lowest BCUT2D eigenvalue weighted by atomic mass is 10.2. The third-order valence-electron chi connectivity index (χ3n) is 2.48. The summed E-state index contributed by atoms with van der Waals surface area (Å²) in [5.74, 6) is -0.332. The van der Waals surface area contributed by atoms with E-state index in [1.165, 1.54) is 4.90 Å². The van der Waals surface area contributed by atoms with Gasteiger partial charge in [0.1, 0.15) is 12.0 Å². The van der Waals surface area contributed by atoms with Gasteiger partial charge in [-0.2, -0.15) is 0 Å². The maximum atomic E-state index is 11.8. The van der Waals surface area contributed by atoms with Crippen LogP contribution in [0.4, 0.5) is 4.79 Å². The zero-order valence-corrected chi connectivity index (χ0v) is 11.5. The molecule has 1 aromatic carbocycles. The van der Waals surface area contributed by atoms with E-state index in [4.69, 9.17) is 22.1 Å². The third-order valence-corrected chi connectivity index (χ3v) is 2.71. The number of ether oxygens (including phenoxy) is 1. The predicted molar refractivity (Wildman–Crippen MR) is 72.7 cm³/mol. The van der Waals surface area contributed by atoms with Gasteiger partial charge < -0.3 is 15.4 Å². The summed E-state index contributed by atoms with van der Waals surface area (Å²) in [7, 11) is 0. The van der Waals surface area contributed by atoms with Gasteiger partial charge in [0.05, 0.1) is 6.54 Å². The van der Waals surface area contributed by atoms with Gasteiger partial charge in [-0.1, -0.05) is 30.3 Å². The quantitative estimate of drug-likeness (QED) is 0.809. The molecule has 0 fully saturated rings. The second-order valence-electron chi connectivity index (χ2n) is 4.14. The van der Waals surface area contributed by atoms with Gasteiger partial charge in [-0.25, -0.2) is 4.79 Å². The zero-order chi connectivity index (χ0) is 14.3. The summed E-state index contributed by atoms with van der Waals surface area (Å²) in [6, 6.07) is 9.50. The minimum Gasteiger partial charge on any atom is -0.445 e. The molecule has 6 heteroatoms. The molecule has 0 saturated heterocycles. The van der Waals surface area contributed by atoms with Crippen molar-refractivity contribution in [1.82, 2.24) is 4.90 Å². The highest BCUT2D eigenvalue weighted by atomic mass is 35.5. The predicted octanol–water partition coefficient (Wildman–Crippen LogP) is 1.74. The number of hydrogen-bond acceptors (Lipinski definition) is 3. The number of hydrogen-bond donors (Lipinski definition) is 1. The Morgan fingerprint density at radius 1 is 1.37 bits per heavy atom. The molecule has 0 aliphatic carbocycles. The van der Waals surface area contributed by atoms with Crippen molar-refractivity contribution < 1.29 is 14.3 Å². The Balaban J connectivity index is 2.67. The zero-order valence-electron chi connectivity index (χ0n) is 10.7. The first-order valence-electron chi connectivity index (χ1n) is 5.86. The van der Waals surface area contributed by atoms with Crippen molar-refractivity contribution in [3.63, 3.8) is 0 Å². The monoisotopic (exact) mass is 284 g/mol. The van der Waals surface area contributed by atoms with Crippen LogP contribution in [0.25, 0.3) is 0 Å². The molecule has 1 atom stereocenters. The van der Waals surface area contributed by atoms with Crippen molar-refractivity contribution in [3.05, 3.63) is 35.9 Å². The van der Waals surface area contributed by atoms with E-state index in [0.717, 1.165) is 5.56 Å². The fourth-order valence-electron chi connectivity index (χ4n) is 1.69. The molecule has 19 heavy (non-hydrogen) atoms. The Morgan fingerprint density at radius 2 is 2.00 bits per heavy atom. The normalized spacial score (nSPS) is 11.7. The number of benzene rings is 1. The van der Waals surface area contributed by atoms with E-state index in [0.29, 0.717) is 6.54 Å². The summed E-state index contributed by atoms with van der Waals surface area (Å²) < 4.78 is 4.81. The lowest BCUT2D eigenvalue weighted by molar-refractivity contribution is -0.130. The number of nitrogens with two attached hydrogens (primary N) is 1. The molecule has 1 rings (SSSR count). The molecule has 2 N–H and O–H groups in total. The molecular weight excluding hydrogens is 268 g/mol. The molecule has 0 bridgehead atoms. The molecule has 0 aliphatic rings. The van der Waals surface area contributed by atoms with Crippen LogP contribution in [-0.4, -0.2) is 35.4 Å². The second-order valence-corrected chi connectivity index (χ2v) is 4.41. The topological polar surface area (TPSA) is 72.6 Å². The van der Waals surface area contributed by atoms with Gasteiger partial charge in [0, 0.05) is 6.54 Å². The first-order chi connectivity index (χ1) is 9.02. The van der Waals surface area contributed by atoms with Crippen LogP contribution in [0.5, 0.6) is 0 Å². The van der Waals surface area contributed by atoms with E-state index in [1.807, 2.05) is 30.3 Å². The molecule has 0 aromatic heterocycles. The van der Waals surface area contributed by atoms with Gasteiger partial charge in [-0.15, -0.1) is 11.6 Å². The van der Waals surface area contributed by atoms with Gasteiger partial charge in [-0.05, 0) is 12.5 Å². The summed E-state index contributed by atoms with van der Waals surface area (Å²) in [5.41, 5.74) is 5.92. The van der Waals surface area contributed by atoms with Crippen LogP contribution in [0.3, 0.4) is 0 Å². The number of halogens is 1. The minimum atomic E-state index is -0.856. The highest BCUT2D eigenvalue weighted by molar-refractivity contribution is 6.27. The van der Waals surface area contributed by atoms with Crippen LogP contribution in [-0.2, 0) is 16.1 Å². The van der Waals surface area contributed by atoms with E-state index in [9.17, 15) is 9.59 Å². The standard InChI is InChI=1S/C13H17ClN2O3/c1-10(19-13(15)18)8-16(12(17)7-14)9-11-5-3-2-4-6-11/h2-6,10H,7-9H2,1H3,(H2,15,18)/t10-/m0/s1. The van der Waals surface area contributed by atoms with Crippen LogP contribution >= 0.6 is 11.6 Å². The number of rotatable bonds is 6. The first-order valence-corrected chi connectivity index (χ1v) is 6.40. The van der Waals surface area contributed by atoms with Crippen molar-refractivity contribution in [2.45, 2.75) is 19.6 Å². The fraction of sp³-hybridized carbons (Fsp3) is 0.385. The van der Waals surface area contributed by atoms with Crippen molar-refractivity contribution >= 4 is 23.6 Å². The maximum absolute atomic E-state index is 11.8. The lowest BCUT2D eigenvalue weighted by Crippen LogP contribution is -2.39. The summed E-state index contributed by atoms with van der Waals surface area (Å²) in [5, 5.41) is 0. The molecule has 0 spiro atoms. The van der Waals surface area contributed by atoms with Gasteiger partial charge in [0.15, 0.2) is 0 Å². The molecule has 104 valence electrons. The van der Waals surface area contributed by atoms with Gasteiger partial charge in [0.2, 0.25) is 5.91 Å². The summed E-state index contributed by atoms with van der Waals surface area (Å²) in [4.78, 5) is 24.0. The molecule has 0 saturated carbocycles. The number of amides is 2. The summed E-state index contributed by atoms with van der Waals surface area (Å²) in [6.07, 6.45) is -1.33. The van der Waals surface area contributed by atoms with Crippen molar-refractivity contribution in [3.8, 4) is 0 Å². The van der Waals surface area contributed by atoms with Crippen LogP contribution < -0.4 is 5.73 Å². The molecule has 1 aromatic rings. The molecule has 5 nitrogen and oxygen atoms in total. The lowest BCUT2D eigenvalue weighted by Gasteiger charge is -2.25. The van der Waals surface area contributed by atoms with Crippen LogP contribution in [0, 0.1) is 0 Å². The number of carbonyl (C=O) groups is 2. The SMILES string of the molecule is C[C@@H](CN(Cc1ccccc1)C(=O)CCl)OC(N)=O. The molecule has 0 radical (unpaired) electrons. The van der Waals surface area contributed by atoms with Gasteiger partial charge >= 0.3 is 6.09 Å². The average molecular weight is 285 g/mol. The molecule has 0 heterocycles. The second kappa shape index (κ2) is 7.63. The van der Waals surface area contributed by atoms with E-state index in [-0.39, 0.29) is 18.3 Å². The van der Waals surface area contributed by atoms with Crippen molar-refractivity contribution in [2.24, 2.45) is 5.73 Å². The highest BCUT2D eigenvalue weighted by Crippen LogP contribution is 2.07. The Bertz CT molecular complexity index is 425. The molecule has 0 aliphatic heterocycles. The number of nitrogens with zero attached hydrogens (tertiary/aromatic N) is 1. The molecular formula is C13H17ClN2O3. The third kappa shape index (κ3) is 5.61. The van der Waals surface area contributed by atoms with Crippen molar-refractivity contribution in [1.29, 1.82) is 0 Å². The first kappa shape index (κ1) is 15.3.